The third-order valence-corrected chi connectivity index (χ3v) is 3.72. The summed E-state index contributed by atoms with van der Waals surface area (Å²) in [4.78, 5) is 14.7. The van der Waals surface area contributed by atoms with Crippen LogP contribution in [0.25, 0.3) is 5.70 Å². The molecular formula is C18H17N3O3. The molecule has 1 heterocycles. The number of hydrogen-bond acceptors (Lipinski definition) is 5. The van der Waals surface area contributed by atoms with Gasteiger partial charge in [0.2, 0.25) is 5.88 Å². The SMILES string of the molecule is CC(OC1=C(c2ccc([N+](=O)[O-])cc2)NCC=N1)c1ccccc1. The van der Waals surface area contributed by atoms with Gasteiger partial charge in [0.15, 0.2) is 0 Å². The molecule has 1 unspecified atom stereocenters. The van der Waals surface area contributed by atoms with Crippen molar-refractivity contribution in [2.45, 2.75) is 13.0 Å². The molecule has 1 aliphatic heterocycles. The Labute approximate surface area is 139 Å². The number of non-ortho nitro benzene ring substituents is 1. The van der Waals surface area contributed by atoms with Crippen LogP contribution in [-0.2, 0) is 4.74 Å². The molecule has 0 radical (unpaired) electrons. The first-order valence-electron chi connectivity index (χ1n) is 7.62. The van der Waals surface area contributed by atoms with Gasteiger partial charge in [0, 0.05) is 23.9 Å². The molecule has 2 aromatic rings. The molecule has 0 aliphatic carbocycles. The molecule has 3 rings (SSSR count). The number of nitrogens with one attached hydrogen (secondary N) is 1. The molecule has 0 saturated heterocycles. The summed E-state index contributed by atoms with van der Waals surface area (Å²) in [5.41, 5.74) is 2.63. The van der Waals surface area contributed by atoms with Crippen LogP contribution < -0.4 is 5.32 Å². The van der Waals surface area contributed by atoms with E-state index < -0.39 is 4.92 Å². The van der Waals surface area contributed by atoms with Gasteiger partial charge >= 0.3 is 0 Å². The van der Waals surface area contributed by atoms with E-state index in [0.29, 0.717) is 12.4 Å². The fourth-order valence-electron chi connectivity index (χ4n) is 2.44. The Bertz CT molecular complexity index is 783. The Kier molecular flexibility index (Phi) is 4.56. The van der Waals surface area contributed by atoms with Crippen LogP contribution in [-0.4, -0.2) is 17.7 Å². The lowest BCUT2D eigenvalue weighted by molar-refractivity contribution is -0.384. The Balaban J connectivity index is 1.88. The van der Waals surface area contributed by atoms with Crippen molar-refractivity contribution in [3.63, 3.8) is 0 Å². The minimum atomic E-state index is -0.417. The van der Waals surface area contributed by atoms with Crippen molar-refractivity contribution >= 4 is 17.6 Å². The summed E-state index contributed by atoms with van der Waals surface area (Å²) in [6.45, 7) is 2.54. The minimum absolute atomic E-state index is 0.0544. The first-order valence-corrected chi connectivity index (χ1v) is 7.62. The highest BCUT2D eigenvalue weighted by atomic mass is 16.6. The quantitative estimate of drug-likeness (QED) is 0.673. The Hall–Kier alpha value is -3.15. The van der Waals surface area contributed by atoms with Gasteiger partial charge in [-0.1, -0.05) is 30.3 Å². The van der Waals surface area contributed by atoms with Crippen molar-refractivity contribution in [2.24, 2.45) is 4.99 Å². The van der Waals surface area contributed by atoms with E-state index >= 15 is 0 Å². The molecule has 0 fully saturated rings. The van der Waals surface area contributed by atoms with Crippen LogP contribution >= 0.6 is 0 Å². The highest BCUT2D eigenvalue weighted by molar-refractivity contribution is 5.75. The average Bonchev–Trinajstić information content (AvgIpc) is 2.63. The van der Waals surface area contributed by atoms with Crippen LogP contribution in [0, 0.1) is 10.1 Å². The molecule has 0 bridgehead atoms. The summed E-state index contributed by atoms with van der Waals surface area (Å²) in [6, 6.07) is 16.2. The van der Waals surface area contributed by atoms with E-state index in [1.54, 1.807) is 18.3 Å². The Morgan fingerprint density at radius 3 is 2.54 bits per heavy atom. The highest BCUT2D eigenvalue weighted by Gasteiger charge is 2.17. The van der Waals surface area contributed by atoms with Crippen molar-refractivity contribution in [3.05, 3.63) is 81.7 Å². The van der Waals surface area contributed by atoms with Gasteiger partial charge in [-0.2, -0.15) is 0 Å². The lowest BCUT2D eigenvalue weighted by atomic mass is 10.1. The monoisotopic (exact) mass is 323 g/mol. The molecule has 6 nitrogen and oxygen atoms in total. The number of nitro groups is 1. The number of nitro benzene ring substituents is 1. The van der Waals surface area contributed by atoms with Crippen LogP contribution in [0.4, 0.5) is 5.69 Å². The van der Waals surface area contributed by atoms with Crippen LogP contribution in [0.3, 0.4) is 0 Å². The summed E-state index contributed by atoms with van der Waals surface area (Å²) in [5, 5.41) is 14.0. The first kappa shape index (κ1) is 15.7. The number of hydrogen-bond donors (Lipinski definition) is 1. The zero-order valence-electron chi connectivity index (χ0n) is 13.2. The summed E-state index contributed by atoms with van der Waals surface area (Å²) >= 11 is 0. The Morgan fingerprint density at radius 2 is 1.88 bits per heavy atom. The molecule has 24 heavy (non-hydrogen) atoms. The fourth-order valence-corrected chi connectivity index (χ4v) is 2.44. The zero-order valence-corrected chi connectivity index (χ0v) is 13.2. The van der Waals surface area contributed by atoms with Gasteiger partial charge in [0.1, 0.15) is 11.8 Å². The van der Waals surface area contributed by atoms with Crippen LogP contribution in [0.1, 0.15) is 24.2 Å². The van der Waals surface area contributed by atoms with Crippen molar-refractivity contribution in [1.29, 1.82) is 0 Å². The van der Waals surface area contributed by atoms with Gasteiger partial charge in [0.05, 0.1) is 11.5 Å². The zero-order chi connectivity index (χ0) is 16.9. The molecule has 0 spiro atoms. The molecule has 0 saturated carbocycles. The van der Waals surface area contributed by atoms with Crippen molar-refractivity contribution in [2.75, 3.05) is 6.54 Å². The Morgan fingerprint density at radius 1 is 1.17 bits per heavy atom. The third kappa shape index (κ3) is 3.43. The predicted octanol–water partition coefficient (Wildman–Crippen LogP) is 3.67. The van der Waals surface area contributed by atoms with Crippen LogP contribution in [0.2, 0.25) is 0 Å². The topological polar surface area (TPSA) is 76.8 Å². The number of rotatable bonds is 5. The fraction of sp³-hybridized carbons (Fsp3) is 0.167. The number of aliphatic imine (C=N–C) groups is 1. The average molecular weight is 323 g/mol. The first-order chi connectivity index (χ1) is 11.6. The van der Waals surface area contributed by atoms with Crippen molar-refractivity contribution in [1.82, 2.24) is 5.32 Å². The normalized spacial score (nSPS) is 14.9. The van der Waals surface area contributed by atoms with Gasteiger partial charge < -0.3 is 10.1 Å². The lowest BCUT2D eigenvalue weighted by Gasteiger charge is -2.21. The van der Waals surface area contributed by atoms with Gasteiger partial charge in [-0.25, -0.2) is 4.99 Å². The summed E-state index contributed by atoms with van der Waals surface area (Å²) in [5.74, 6) is 0.478. The van der Waals surface area contributed by atoms with E-state index in [2.05, 4.69) is 10.3 Å². The largest absolute Gasteiger partial charge is 0.468 e. The molecule has 1 N–H and O–H groups in total. The third-order valence-electron chi connectivity index (χ3n) is 3.72. The predicted molar refractivity (Wildman–Crippen MR) is 92.5 cm³/mol. The minimum Gasteiger partial charge on any atom is -0.468 e. The van der Waals surface area contributed by atoms with E-state index in [1.807, 2.05) is 37.3 Å². The molecule has 0 aromatic heterocycles. The molecule has 1 aliphatic rings. The summed E-state index contributed by atoms with van der Waals surface area (Å²) < 4.78 is 6.01. The van der Waals surface area contributed by atoms with Gasteiger partial charge in [0.25, 0.3) is 5.69 Å². The van der Waals surface area contributed by atoms with E-state index in [9.17, 15) is 10.1 Å². The molecule has 122 valence electrons. The molecular weight excluding hydrogens is 306 g/mol. The van der Waals surface area contributed by atoms with E-state index in [0.717, 1.165) is 16.8 Å². The van der Waals surface area contributed by atoms with Gasteiger partial charge in [-0.15, -0.1) is 0 Å². The lowest BCUT2D eigenvalue weighted by Crippen LogP contribution is -2.21. The van der Waals surface area contributed by atoms with E-state index in [-0.39, 0.29) is 11.8 Å². The smallest absolute Gasteiger partial charge is 0.269 e. The second kappa shape index (κ2) is 6.95. The molecule has 6 heteroatoms. The molecule has 0 amide bonds. The van der Waals surface area contributed by atoms with Gasteiger partial charge in [-0.05, 0) is 24.6 Å². The summed E-state index contributed by atoms with van der Waals surface area (Å²) in [7, 11) is 0. The molecule has 2 aromatic carbocycles. The maximum absolute atomic E-state index is 10.8. The van der Waals surface area contributed by atoms with E-state index in [4.69, 9.17) is 4.74 Å². The number of benzene rings is 2. The van der Waals surface area contributed by atoms with Crippen LogP contribution in [0.15, 0.2) is 65.5 Å². The second-order valence-electron chi connectivity index (χ2n) is 5.35. The second-order valence-corrected chi connectivity index (χ2v) is 5.35. The van der Waals surface area contributed by atoms with Crippen molar-refractivity contribution in [3.8, 4) is 0 Å². The van der Waals surface area contributed by atoms with E-state index in [1.165, 1.54) is 12.1 Å². The summed E-state index contributed by atoms with van der Waals surface area (Å²) in [6.07, 6.45) is 1.58. The van der Waals surface area contributed by atoms with Crippen molar-refractivity contribution < 1.29 is 9.66 Å². The van der Waals surface area contributed by atoms with Gasteiger partial charge in [-0.3, -0.25) is 10.1 Å². The molecule has 1 atom stereocenters. The van der Waals surface area contributed by atoms with Crippen LogP contribution in [0.5, 0.6) is 0 Å². The number of ether oxygens (including phenoxy) is 1. The highest BCUT2D eigenvalue weighted by Crippen LogP contribution is 2.27. The number of nitrogens with zero attached hydrogens (tertiary/aromatic N) is 2. The maximum atomic E-state index is 10.8. The maximum Gasteiger partial charge on any atom is 0.269 e. The standard InChI is InChI=1S/C18H17N3O3/c1-13(14-5-3-2-4-6-14)24-18-17(19-11-12-20-18)15-7-9-16(10-8-15)21(22)23/h2-10,12-13,19H,11H2,1H3.